The van der Waals surface area contributed by atoms with Crippen molar-refractivity contribution in [2.24, 2.45) is 13.0 Å². The van der Waals surface area contributed by atoms with Crippen molar-refractivity contribution in [3.8, 4) is 11.3 Å². The SMILES string of the molecule is CC1CC(c2cccc(-c3nc(C(F)(F)F)c[nH]c3=O)c2)(c2nncn2C)C1. The van der Waals surface area contributed by atoms with Gasteiger partial charge in [0.15, 0.2) is 5.69 Å². The third kappa shape index (κ3) is 2.90. The first-order valence-electron chi connectivity index (χ1n) is 8.83. The quantitative estimate of drug-likeness (QED) is 0.746. The number of halogens is 3. The van der Waals surface area contributed by atoms with Crippen LogP contribution in [0.15, 0.2) is 41.6 Å². The molecular formula is C19H18F3N5O. The van der Waals surface area contributed by atoms with Gasteiger partial charge in [0.25, 0.3) is 5.56 Å². The van der Waals surface area contributed by atoms with Crippen LogP contribution in [0.3, 0.4) is 0 Å². The number of aromatic nitrogens is 5. The molecule has 0 atom stereocenters. The number of rotatable bonds is 3. The summed E-state index contributed by atoms with van der Waals surface area (Å²) in [6.07, 6.45) is -0.738. The fourth-order valence-electron chi connectivity index (χ4n) is 4.10. The van der Waals surface area contributed by atoms with Crippen molar-refractivity contribution in [1.29, 1.82) is 0 Å². The number of nitrogens with one attached hydrogen (secondary N) is 1. The highest BCUT2D eigenvalue weighted by molar-refractivity contribution is 5.60. The molecule has 0 amide bonds. The molecule has 0 spiro atoms. The molecule has 1 aromatic carbocycles. The normalized spacial score (nSPS) is 22.1. The Kier molecular flexibility index (Phi) is 4.13. The number of benzene rings is 1. The molecule has 2 aromatic heterocycles. The molecule has 146 valence electrons. The van der Waals surface area contributed by atoms with Gasteiger partial charge in [-0.2, -0.15) is 13.2 Å². The van der Waals surface area contributed by atoms with E-state index in [1.807, 2.05) is 17.7 Å². The Labute approximate surface area is 158 Å². The predicted octanol–water partition coefficient (Wildman–Crippen LogP) is 3.30. The lowest BCUT2D eigenvalue weighted by Gasteiger charge is -2.46. The number of alkyl halides is 3. The molecule has 0 unspecified atom stereocenters. The van der Waals surface area contributed by atoms with Crippen LogP contribution in [0.1, 0.15) is 36.8 Å². The molecule has 1 N–H and O–H groups in total. The van der Waals surface area contributed by atoms with Crippen molar-refractivity contribution >= 4 is 0 Å². The first kappa shape index (κ1) is 18.4. The molecule has 0 radical (unpaired) electrons. The van der Waals surface area contributed by atoms with Gasteiger partial charge in [0, 0.05) is 18.8 Å². The smallest absolute Gasteiger partial charge is 0.325 e. The summed E-state index contributed by atoms with van der Waals surface area (Å²) in [6, 6.07) is 6.96. The summed E-state index contributed by atoms with van der Waals surface area (Å²) >= 11 is 0. The average Bonchev–Trinajstić information content (AvgIpc) is 3.04. The van der Waals surface area contributed by atoms with Crippen LogP contribution in [0.4, 0.5) is 13.2 Å². The second-order valence-electron chi connectivity index (χ2n) is 7.40. The summed E-state index contributed by atoms with van der Waals surface area (Å²) < 4.78 is 40.9. The molecule has 0 saturated heterocycles. The first-order chi connectivity index (χ1) is 13.2. The van der Waals surface area contributed by atoms with E-state index in [1.165, 1.54) is 0 Å². The van der Waals surface area contributed by atoms with Crippen LogP contribution in [-0.2, 0) is 18.6 Å². The van der Waals surface area contributed by atoms with Gasteiger partial charge in [-0.3, -0.25) is 4.79 Å². The minimum atomic E-state index is -4.64. The monoisotopic (exact) mass is 389 g/mol. The fraction of sp³-hybridized carbons (Fsp3) is 0.368. The van der Waals surface area contributed by atoms with Crippen LogP contribution in [0.5, 0.6) is 0 Å². The van der Waals surface area contributed by atoms with Gasteiger partial charge in [-0.25, -0.2) is 4.98 Å². The van der Waals surface area contributed by atoms with Gasteiger partial charge in [-0.15, -0.1) is 10.2 Å². The molecule has 1 saturated carbocycles. The zero-order chi connectivity index (χ0) is 20.1. The van der Waals surface area contributed by atoms with Gasteiger partial charge in [0.2, 0.25) is 0 Å². The van der Waals surface area contributed by atoms with Crippen LogP contribution in [-0.4, -0.2) is 24.7 Å². The molecule has 28 heavy (non-hydrogen) atoms. The summed E-state index contributed by atoms with van der Waals surface area (Å²) in [4.78, 5) is 17.9. The van der Waals surface area contributed by atoms with Gasteiger partial charge >= 0.3 is 6.18 Å². The molecule has 1 aliphatic carbocycles. The van der Waals surface area contributed by atoms with E-state index < -0.39 is 17.4 Å². The summed E-state index contributed by atoms with van der Waals surface area (Å²) in [7, 11) is 1.86. The highest BCUT2D eigenvalue weighted by atomic mass is 19.4. The minimum Gasteiger partial charge on any atom is -0.325 e. The maximum absolute atomic E-state index is 13.0. The van der Waals surface area contributed by atoms with Crippen LogP contribution in [0.2, 0.25) is 0 Å². The van der Waals surface area contributed by atoms with E-state index in [0.717, 1.165) is 24.2 Å². The molecular weight excluding hydrogens is 371 g/mol. The maximum Gasteiger partial charge on any atom is 0.434 e. The molecule has 9 heteroatoms. The van der Waals surface area contributed by atoms with Gasteiger partial charge in [-0.1, -0.05) is 25.1 Å². The lowest BCUT2D eigenvalue weighted by Crippen LogP contribution is -2.43. The number of hydrogen-bond acceptors (Lipinski definition) is 4. The Morgan fingerprint density at radius 1 is 1.29 bits per heavy atom. The van der Waals surface area contributed by atoms with Crippen molar-refractivity contribution in [3.63, 3.8) is 0 Å². The molecule has 0 bridgehead atoms. The van der Waals surface area contributed by atoms with Gasteiger partial charge in [0.05, 0.1) is 5.41 Å². The first-order valence-corrected chi connectivity index (χ1v) is 8.83. The van der Waals surface area contributed by atoms with Crippen LogP contribution in [0.25, 0.3) is 11.3 Å². The van der Waals surface area contributed by atoms with Gasteiger partial charge in [0.1, 0.15) is 17.8 Å². The third-order valence-electron chi connectivity index (χ3n) is 5.30. The lowest BCUT2D eigenvalue weighted by atomic mass is 9.58. The molecule has 0 aliphatic heterocycles. The van der Waals surface area contributed by atoms with Crippen LogP contribution in [0, 0.1) is 5.92 Å². The molecule has 6 nitrogen and oxygen atoms in total. The van der Waals surface area contributed by atoms with E-state index >= 15 is 0 Å². The largest absolute Gasteiger partial charge is 0.434 e. The Morgan fingerprint density at radius 3 is 2.64 bits per heavy atom. The molecule has 4 rings (SSSR count). The van der Waals surface area contributed by atoms with E-state index in [9.17, 15) is 18.0 Å². The van der Waals surface area contributed by atoms with Crippen molar-refractivity contribution in [2.75, 3.05) is 0 Å². The maximum atomic E-state index is 13.0. The van der Waals surface area contributed by atoms with Gasteiger partial charge in [-0.05, 0) is 30.4 Å². The second kappa shape index (κ2) is 6.29. The van der Waals surface area contributed by atoms with Crippen molar-refractivity contribution in [2.45, 2.75) is 31.4 Å². The van der Waals surface area contributed by atoms with Crippen LogP contribution >= 0.6 is 0 Å². The fourth-order valence-corrected chi connectivity index (χ4v) is 4.10. The summed E-state index contributed by atoms with van der Waals surface area (Å²) in [6.45, 7) is 2.14. The van der Waals surface area contributed by atoms with E-state index in [1.54, 1.807) is 24.5 Å². The number of nitrogens with zero attached hydrogens (tertiary/aromatic N) is 4. The van der Waals surface area contributed by atoms with E-state index in [0.29, 0.717) is 17.7 Å². The highest BCUT2D eigenvalue weighted by Crippen LogP contribution is 2.51. The molecule has 2 heterocycles. The molecule has 3 aromatic rings. The van der Waals surface area contributed by atoms with Crippen LogP contribution < -0.4 is 5.56 Å². The Bertz CT molecular complexity index is 1080. The van der Waals surface area contributed by atoms with E-state index in [4.69, 9.17) is 0 Å². The van der Waals surface area contributed by atoms with Crippen molar-refractivity contribution < 1.29 is 13.2 Å². The minimum absolute atomic E-state index is 0.253. The van der Waals surface area contributed by atoms with Crippen molar-refractivity contribution in [1.82, 2.24) is 24.7 Å². The number of aromatic amines is 1. The van der Waals surface area contributed by atoms with E-state index in [-0.39, 0.29) is 11.1 Å². The summed E-state index contributed by atoms with van der Waals surface area (Å²) in [5, 5.41) is 8.24. The van der Waals surface area contributed by atoms with E-state index in [2.05, 4.69) is 27.1 Å². The Morgan fingerprint density at radius 2 is 2.04 bits per heavy atom. The molecule has 1 fully saturated rings. The number of H-pyrrole nitrogens is 1. The standard InChI is InChI=1S/C19H18F3N5O/c1-11-7-18(8-11,17-26-24-10-27(17)2)13-5-3-4-12(6-13)15-16(28)23-9-14(25-15)19(20,21)22/h3-6,9-11H,7-8H2,1-2H3,(H,23,28). The highest BCUT2D eigenvalue weighted by Gasteiger charge is 2.48. The summed E-state index contributed by atoms with van der Waals surface area (Å²) in [5.74, 6) is 1.28. The zero-order valence-corrected chi connectivity index (χ0v) is 15.3. The molecule has 1 aliphatic rings. The predicted molar refractivity (Wildman–Crippen MR) is 95.5 cm³/mol. The lowest BCUT2D eigenvalue weighted by molar-refractivity contribution is -0.141. The average molecular weight is 389 g/mol. The summed E-state index contributed by atoms with van der Waals surface area (Å²) in [5.41, 5.74) is -1.21. The number of aryl methyl sites for hydroxylation is 1. The Hall–Kier alpha value is -2.97. The third-order valence-corrected chi connectivity index (χ3v) is 5.30. The number of hydrogen-bond donors (Lipinski definition) is 1. The van der Waals surface area contributed by atoms with Gasteiger partial charge < -0.3 is 9.55 Å². The van der Waals surface area contributed by atoms with Crippen molar-refractivity contribution in [3.05, 3.63) is 64.2 Å². The second-order valence-corrected chi connectivity index (χ2v) is 7.40. The zero-order valence-electron chi connectivity index (χ0n) is 15.3. The Balaban J connectivity index is 1.83. The topological polar surface area (TPSA) is 76.5 Å².